The number of ether oxygens (including phenoxy) is 1. The maximum atomic E-state index is 13.1. The van der Waals surface area contributed by atoms with Crippen LogP contribution in [-0.2, 0) is 0 Å². The lowest BCUT2D eigenvalue weighted by Crippen LogP contribution is -2.35. The van der Waals surface area contributed by atoms with Crippen molar-refractivity contribution in [2.24, 2.45) is 0 Å². The Morgan fingerprint density at radius 1 is 1.03 bits per heavy atom. The van der Waals surface area contributed by atoms with Gasteiger partial charge in [-0.05, 0) is 49.2 Å². The van der Waals surface area contributed by atoms with E-state index in [1.165, 1.54) is 12.1 Å². The van der Waals surface area contributed by atoms with Gasteiger partial charge in [0, 0.05) is 25.4 Å². The molecule has 2 aromatic carbocycles. The highest BCUT2D eigenvalue weighted by Crippen LogP contribution is 2.31. The number of rotatable bonds is 4. The van der Waals surface area contributed by atoms with Gasteiger partial charge in [-0.2, -0.15) is 4.98 Å². The van der Waals surface area contributed by atoms with Gasteiger partial charge < -0.3 is 14.1 Å². The number of hydrogen-bond acceptors (Lipinski definition) is 6. The zero-order valence-corrected chi connectivity index (χ0v) is 15.7. The van der Waals surface area contributed by atoms with Gasteiger partial charge in [-0.25, -0.2) is 14.4 Å². The van der Waals surface area contributed by atoms with Crippen LogP contribution in [0.1, 0.15) is 24.7 Å². The molecule has 0 radical (unpaired) electrons. The molecule has 0 amide bonds. The third-order valence-corrected chi connectivity index (χ3v) is 5.02. The van der Waals surface area contributed by atoms with Crippen LogP contribution in [0.15, 0.2) is 65.2 Å². The summed E-state index contributed by atoms with van der Waals surface area (Å²) in [7, 11) is 0. The molecule has 5 rings (SSSR count). The maximum Gasteiger partial charge on any atom is 0.228 e. The van der Waals surface area contributed by atoms with Gasteiger partial charge in [-0.15, -0.1) is 0 Å². The predicted molar refractivity (Wildman–Crippen MR) is 107 cm³/mol. The lowest BCUT2D eigenvalue weighted by atomic mass is 9.98. The van der Waals surface area contributed by atoms with Crippen LogP contribution in [0, 0.1) is 5.82 Å². The summed E-state index contributed by atoms with van der Waals surface area (Å²) in [5.74, 6) is 2.19. The SMILES string of the molecule is Fc1ccc(Oc2ccnc(N3CCCC(c4nc5ccccc5o4)C3)n2)cc1. The van der Waals surface area contributed by atoms with Crippen LogP contribution in [0.4, 0.5) is 10.3 Å². The largest absolute Gasteiger partial charge is 0.440 e. The normalized spacial score (nSPS) is 16.9. The maximum absolute atomic E-state index is 13.1. The molecule has 0 saturated carbocycles. The summed E-state index contributed by atoms with van der Waals surface area (Å²) >= 11 is 0. The Hall–Kier alpha value is -3.48. The quantitative estimate of drug-likeness (QED) is 0.492. The molecule has 3 heterocycles. The number of aromatic nitrogens is 3. The first-order valence-electron chi connectivity index (χ1n) is 9.61. The topological polar surface area (TPSA) is 64.3 Å². The molecule has 0 aliphatic carbocycles. The molecule has 1 aliphatic rings. The summed E-state index contributed by atoms with van der Waals surface area (Å²) in [5, 5.41) is 0. The third kappa shape index (κ3) is 3.76. The molecule has 2 aromatic heterocycles. The van der Waals surface area contributed by atoms with Gasteiger partial charge in [0.05, 0.1) is 5.92 Å². The van der Waals surface area contributed by atoms with Crippen LogP contribution in [0.5, 0.6) is 11.6 Å². The van der Waals surface area contributed by atoms with Crippen molar-refractivity contribution >= 4 is 17.0 Å². The number of benzene rings is 2. The number of para-hydroxylation sites is 2. The van der Waals surface area contributed by atoms with Gasteiger partial charge in [0.2, 0.25) is 11.8 Å². The highest BCUT2D eigenvalue weighted by Gasteiger charge is 2.27. The molecule has 7 heteroatoms. The second-order valence-corrected chi connectivity index (χ2v) is 7.06. The fraction of sp³-hybridized carbons (Fsp3) is 0.227. The van der Waals surface area contributed by atoms with Crippen molar-refractivity contribution in [3.8, 4) is 11.6 Å². The number of oxazole rings is 1. The van der Waals surface area contributed by atoms with Crippen molar-refractivity contribution in [3.63, 3.8) is 0 Å². The molecule has 4 aromatic rings. The Balaban J connectivity index is 1.34. The average Bonchev–Trinajstić information content (AvgIpc) is 3.20. The molecule has 0 spiro atoms. The zero-order valence-electron chi connectivity index (χ0n) is 15.7. The van der Waals surface area contributed by atoms with Gasteiger partial charge >= 0.3 is 0 Å². The van der Waals surface area contributed by atoms with Crippen LogP contribution >= 0.6 is 0 Å². The summed E-state index contributed by atoms with van der Waals surface area (Å²) < 4.78 is 24.8. The predicted octanol–water partition coefficient (Wildman–Crippen LogP) is 4.93. The molecule has 1 fully saturated rings. The Morgan fingerprint density at radius 3 is 2.76 bits per heavy atom. The Labute approximate surface area is 167 Å². The van der Waals surface area contributed by atoms with Gasteiger partial charge in [0.25, 0.3) is 0 Å². The molecule has 29 heavy (non-hydrogen) atoms. The molecule has 6 nitrogen and oxygen atoms in total. The van der Waals surface area contributed by atoms with E-state index >= 15 is 0 Å². The molecule has 1 unspecified atom stereocenters. The van der Waals surface area contributed by atoms with Crippen molar-refractivity contribution in [2.75, 3.05) is 18.0 Å². The summed E-state index contributed by atoms with van der Waals surface area (Å²) in [5.41, 5.74) is 1.69. The second kappa shape index (κ2) is 7.50. The van der Waals surface area contributed by atoms with E-state index in [1.807, 2.05) is 24.3 Å². The van der Waals surface area contributed by atoms with Crippen LogP contribution < -0.4 is 9.64 Å². The minimum absolute atomic E-state index is 0.182. The third-order valence-electron chi connectivity index (χ3n) is 5.02. The van der Waals surface area contributed by atoms with Gasteiger partial charge in [0.15, 0.2) is 11.5 Å². The fourth-order valence-corrected chi connectivity index (χ4v) is 3.59. The molecule has 1 saturated heterocycles. The van der Waals surface area contributed by atoms with E-state index in [4.69, 9.17) is 9.15 Å². The van der Waals surface area contributed by atoms with Crippen molar-refractivity contribution in [2.45, 2.75) is 18.8 Å². The van der Waals surface area contributed by atoms with Crippen molar-refractivity contribution in [1.82, 2.24) is 15.0 Å². The first kappa shape index (κ1) is 17.6. The smallest absolute Gasteiger partial charge is 0.228 e. The summed E-state index contributed by atoms with van der Waals surface area (Å²) in [6.45, 7) is 1.59. The number of nitrogens with zero attached hydrogens (tertiary/aromatic N) is 4. The van der Waals surface area contributed by atoms with E-state index in [1.54, 1.807) is 24.4 Å². The van der Waals surface area contributed by atoms with E-state index < -0.39 is 0 Å². The van der Waals surface area contributed by atoms with Gasteiger partial charge in [0.1, 0.15) is 17.1 Å². The second-order valence-electron chi connectivity index (χ2n) is 7.06. The highest BCUT2D eigenvalue weighted by atomic mass is 19.1. The Bertz CT molecular complexity index is 1100. The fourth-order valence-electron chi connectivity index (χ4n) is 3.59. The summed E-state index contributed by atoms with van der Waals surface area (Å²) in [4.78, 5) is 15.7. The molecule has 146 valence electrons. The number of fused-ring (bicyclic) bond motifs is 1. The number of halogens is 1. The molecular weight excluding hydrogens is 371 g/mol. The standard InChI is InChI=1S/C22H19FN4O2/c23-16-7-9-17(10-8-16)28-20-11-12-24-22(26-20)27-13-3-4-15(14-27)21-25-18-5-1-2-6-19(18)29-21/h1-2,5-12,15H,3-4,13-14H2. The minimum Gasteiger partial charge on any atom is -0.440 e. The first-order valence-corrected chi connectivity index (χ1v) is 9.61. The number of anilines is 1. The lowest BCUT2D eigenvalue weighted by molar-refractivity contribution is 0.409. The lowest BCUT2D eigenvalue weighted by Gasteiger charge is -2.31. The highest BCUT2D eigenvalue weighted by molar-refractivity contribution is 5.72. The average molecular weight is 390 g/mol. The van der Waals surface area contributed by atoms with Crippen molar-refractivity contribution in [3.05, 3.63) is 72.5 Å². The molecular formula is C22H19FN4O2. The van der Waals surface area contributed by atoms with E-state index in [0.717, 1.165) is 42.9 Å². The van der Waals surface area contributed by atoms with Crippen molar-refractivity contribution < 1.29 is 13.5 Å². The molecule has 0 bridgehead atoms. The zero-order chi connectivity index (χ0) is 19.6. The summed E-state index contributed by atoms with van der Waals surface area (Å²) in [6.07, 6.45) is 3.68. The van der Waals surface area contributed by atoms with E-state index in [2.05, 4.69) is 19.9 Å². The van der Waals surface area contributed by atoms with Crippen LogP contribution in [0.2, 0.25) is 0 Å². The minimum atomic E-state index is -0.306. The van der Waals surface area contributed by atoms with Crippen LogP contribution in [0.3, 0.4) is 0 Å². The Morgan fingerprint density at radius 2 is 1.90 bits per heavy atom. The number of hydrogen-bond donors (Lipinski definition) is 0. The van der Waals surface area contributed by atoms with Crippen molar-refractivity contribution in [1.29, 1.82) is 0 Å². The van der Waals surface area contributed by atoms with E-state index in [9.17, 15) is 4.39 Å². The van der Waals surface area contributed by atoms with E-state index in [-0.39, 0.29) is 11.7 Å². The number of piperidine rings is 1. The van der Waals surface area contributed by atoms with Crippen LogP contribution in [0.25, 0.3) is 11.1 Å². The van der Waals surface area contributed by atoms with Gasteiger partial charge in [-0.1, -0.05) is 12.1 Å². The monoisotopic (exact) mass is 390 g/mol. The summed E-state index contributed by atoms with van der Waals surface area (Å²) in [6, 6.07) is 15.3. The first-order chi connectivity index (χ1) is 14.2. The van der Waals surface area contributed by atoms with E-state index in [0.29, 0.717) is 17.6 Å². The molecule has 1 atom stereocenters. The van der Waals surface area contributed by atoms with Crippen LogP contribution in [-0.4, -0.2) is 28.0 Å². The molecule has 0 N–H and O–H groups in total. The Kier molecular flexibility index (Phi) is 4.56. The molecule has 1 aliphatic heterocycles. The van der Waals surface area contributed by atoms with Gasteiger partial charge in [-0.3, -0.25) is 0 Å².